The summed E-state index contributed by atoms with van der Waals surface area (Å²) in [6.07, 6.45) is 8.54. The molecule has 115 valence electrons. The van der Waals surface area contributed by atoms with Crippen molar-refractivity contribution < 1.29 is 4.79 Å². The van der Waals surface area contributed by atoms with E-state index in [1.165, 1.54) is 32.1 Å². The highest BCUT2D eigenvalue weighted by atomic mass is 16.1. The molecule has 0 heterocycles. The average Bonchev–Trinajstić information content (AvgIpc) is 2.36. The number of hydrogen-bond acceptors (Lipinski definition) is 1. The van der Waals surface area contributed by atoms with E-state index < -0.39 is 0 Å². The Balaban J connectivity index is 2.69. The zero-order valence-electron chi connectivity index (χ0n) is 14.6. The molecule has 0 aliphatic heterocycles. The number of hydrogen-bond donors (Lipinski definition) is 0. The van der Waals surface area contributed by atoms with Crippen LogP contribution in [0.4, 0.5) is 0 Å². The Hall–Kier alpha value is -0.265. The molecule has 0 amide bonds. The summed E-state index contributed by atoms with van der Waals surface area (Å²) in [6.45, 7) is 13.5. The van der Waals surface area contributed by atoms with Crippen LogP contribution in [0.5, 0.6) is 0 Å². The minimum absolute atomic E-state index is 0.0642. The average molecular weight is 277 g/mol. The van der Waals surface area contributed by atoms with Gasteiger partial charge in [-0.25, -0.2) is 0 Å². The van der Waals surface area contributed by atoms with Gasteiger partial charge in [0.2, 0.25) is 7.28 Å². The molecular weight excluding hydrogens is 243 g/mol. The van der Waals surface area contributed by atoms with Crippen molar-refractivity contribution in [1.82, 2.24) is 0 Å². The van der Waals surface area contributed by atoms with Gasteiger partial charge in [-0.15, -0.1) is 0 Å². The van der Waals surface area contributed by atoms with E-state index in [1.54, 1.807) is 0 Å². The monoisotopic (exact) mass is 277 g/mol. The highest BCUT2D eigenvalue weighted by Crippen LogP contribution is 2.39. The van der Waals surface area contributed by atoms with Crippen LogP contribution in [0.1, 0.15) is 86.5 Å². The maximum Gasteiger partial charge on any atom is 0.206 e. The Bertz CT molecular complexity index is 308. The van der Waals surface area contributed by atoms with Crippen molar-refractivity contribution in [3.8, 4) is 0 Å². The van der Waals surface area contributed by atoms with Crippen LogP contribution in [0.25, 0.3) is 0 Å². The van der Waals surface area contributed by atoms with Gasteiger partial charge in [0.05, 0.1) is 5.68 Å². The fraction of sp³-hybridized carbons (Fsp3) is 0.944. The number of rotatable bonds is 6. The molecule has 0 aromatic rings. The zero-order valence-corrected chi connectivity index (χ0v) is 14.6. The highest BCUT2D eigenvalue weighted by molar-refractivity contribution is 6.75. The molecule has 1 fully saturated rings. The lowest BCUT2D eigenvalue weighted by Crippen LogP contribution is -2.37. The summed E-state index contributed by atoms with van der Waals surface area (Å²) in [4.78, 5) is 12.8. The molecule has 1 nitrogen and oxygen atoms in total. The van der Waals surface area contributed by atoms with Crippen LogP contribution in [0, 0.1) is 16.7 Å². The lowest BCUT2D eigenvalue weighted by Gasteiger charge is -2.37. The van der Waals surface area contributed by atoms with E-state index in [9.17, 15) is 4.79 Å². The Kier molecular flexibility index (Phi) is 6.35. The van der Waals surface area contributed by atoms with E-state index in [0.29, 0.717) is 11.5 Å². The van der Waals surface area contributed by atoms with E-state index in [1.807, 2.05) is 0 Å². The van der Waals surface area contributed by atoms with Gasteiger partial charge < -0.3 is 4.79 Å². The predicted molar refractivity (Wildman–Crippen MR) is 89.2 cm³/mol. The minimum Gasteiger partial charge on any atom is -0.312 e. The molecule has 1 unspecified atom stereocenters. The second-order valence-electron chi connectivity index (χ2n) is 8.61. The molecule has 1 radical (unpaired) electrons. The molecule has 0 N–H and O–H groups in total. The maximum atomic E-state index is 12.8. The molecule has 1 saturated carbocycles. The van der Waals surface area contributed by atoms with E-state index in [2.05, 4.69) is 48.8 Å². The van der Waals surface area contributed by atoms with Crippen molar-refractivity contribution in [3.05, 3.63) is 0 Å². The fourth-order valence-corrected chi connectivity index (χ4v) is 3.18. The van der Waals surface area contributed by atoms with Gasteiger partial charge in [0, 0.05) is 5.92 Å². The zero-order chi connectivity index (χ0) is 15.4. The number of carbonyl (C=O) groups excluding carboxylic acids is 1. The topological polar surface area (TPSA) is 17.1 Å². The Morgan fingerprint density at radius 2 is 1.65 bits per heavy atom. The van der Waals surface area contributed by atoms with E-state index >= 15 is 0 Å². The predicted octanol–water partition coefficient (Wildman–Crippen LogP) is 5.46. The third-order valence-corrected chi connectivity index (χ3v) is 5.15. The summed E-state index contributed by atoms with van der Waals surface area (Å²) < 4.78 is 0. The van der Waals surface area contributed by atoms with Crippen LogP contribution >= 0.6 is 0 Å². The van der Waals surface area contributed by atoms with E-state index in [-0.39, 0.29) is 16.7 Å². The van der Waals surface area contributed by atoms with Crippen LogP contribution in [0.3, 0.4) is 0 Å². The van der Waals surface area contributed by atoms with E-state index in [0.717, 1.165) is 12.8 Å². The van der Waals surface area contributed by atoms with Crippen molar-refractivity contribution in [2.24, 2.45) is 16.7 Å². The van der Waals surface area contributed by atoms with Crippen molar-refractivity contribution in [1.29, 1.82) is 0 Å². The van der Waals surface area contributed by atoms with Crippen LogP contribution in [0.2, 0.25) is 5.82 Å². The molecule has 0 spiro atoms. The quantitative estimate of drug-likeness (QED) is 0.589. The summed E-state index contributed by atoms with van der Waals surface area (Å²) in [5.41, 5.74) is 0.730. The molecule has 1 aliphatic carbocycles. The third-order valence-electron chi connectivity index (χ3n) is 5.15. The molecule has 1 rings (SSSR count). The fourth-order valence-electron chi connectivity index (χ4n) is 3.18. The van der Waals surface area contributed by atoms with Crippen molar-refractivity contribution >= 4 is 13.0 Å². The Morgan fingerprint density at radius 3 is 2.10 bits per heavy atom. The van der Waals surface area contributed by atoms with Crippen LogP contribution in [0.15, 0.2) is 0 Å². The molecule has 20 heavy (non-hydrogen) atoms. The second kappa shape index (κ2) is 7.14. The van der Waals surface area contributed by atoms with Gasteiger partial charge in [0.15, 0.2) is 0 Å². The summed E-state index contributed by atoms with van der Waals surface area (Å²) >= 11 is 0. The smallest absolute Gasteiger partial charge is 0.206 e. The van der Waals surface area contributed by atoms with Gasteiger partial charge in [0.25, 0.3) is 0 Å². The summed E-state index contributed by atoms with van der Waals surface area (Å²) in [7, 11) is 2.08. The third kappa shape index (κ3) is 5.62. The highest BCUT2D eigenvalue weighted by Gasteiger charge is 2.36. The molecule has 2 heteroatoms. The Morgan fingerprint density at radius 1 is 1.10 bits per heavy atom. The molecule has 0 aromatic carbocycles. The van der Waals surface area contributed by atoms with Crippen molar-refractivity contribution in [2.75, 3.05) is 0 Å². The van der Waals surface area contributed by atoms with Crippen LogP contribution in [-0.2, 0) is 4.79 Å². The van der Waals surface area contributed by atoms with E-state index in [4.69, 9.17) is 0 Å². The molecule has 0 bridgehead atoms. The minimum atomic E-state index is 0.0642. The van der Waals surface area contributed by atoms with Gasteiger partial charge in [-0.1, -0.05) is 85.9 Å². The van der Waals surface area contributed by atoms with Gasteiger partial charge >= 0.3 is 0 Å². The van der Waals surface area contributed by atoms with Crippen LogP contribution in [-0.4, -0.2) is 13.0 Å². The maximum absolute atomic E-state index is 12.8. The first-order chi connectivity index (χ1) is 9.15. The van der Waals surface area contributed by atoms with Gasteiger partial charge in [-0.3, -0.25) is 0 Å². The van der Waals surface area contributed by atoms with Gasteiger partial charge in [0.1, 0.15) is 0 Å². The Labute approximate surface area is 127 Å². The second-order valence-corrected chi connectivity index (χ2v) is 8.61. The summed E-state index contributed by atoms with van der Waals surface area (Å²) in [5, 5.41) is 0. The van der Waals surface area contributed by atoms with Gasteiger partial charge in [-0.05, 0) is 17.3 Å². The first-order valence-corrected chi connectivity index (χ1v) is 8.54. The lowest BCUT2D eigenvalue weighted by molar-refractivity contribution is -0.119. The molecular formula is C18H34BO. The largest absolute Gasteiger partial charge is 0.312 e. The van der Waals surface area contributed by atoms with Crippen molar-refractivity contribution in [3.63, 3.8) is 0 Å². The first-order valence-electron chi connectivity index (χ1n) is 8.54. The normalized spacial score (nSPS) is 19.7. The van der Waals surface area contributed by atoms with Crippen LogP contribution < -0.4 is 0 Å². The molecule has 0 aromatic heterocycles. The number of carbonyl (C=O) groups is 1. The molecule has 1 aliphatic rings. The molecule has 0 saturated heterocycles. The van der Waals surface area contributed by atoms with Gasteiger partial charge in [-0.2, -0.15) is 0 Å². The molecule has 1 atom stereocenters. The lowest BCUT2D eigenvalue weighted by atomic mass is 9.50. The SMILES string of the molecule is CCC(C)(C)CC(C(=O)[B]C1CCCCC1)C(C)(C)C. The summed E-state index contributed by atoms with van der Waals surface area (Å²) in [5.74, 6) is 0.713. The summed E-state index contributed by atoms with van der Waals surface area (Å²) in [6, 6.07) is 0. The van der Waals surface area contributed by atoms with Crippen molar-refractivity contribution in [2.45, 2.75) is 92.3 Å². The first kappa shape index (κ1) is 17.8. The standard InChI is InChI=1S/C18H34BO/c1-7-18(5,6)13-15(17(2,3)4)16(20)19-14-11-9-8-10-12-14/h14-15H,7-13H2,1-6H3.